The van der Waals surface area contributed by atoms with Crippen LogP contribution in [-0.2, 0) is 0 Å². The number of anilines is 1. The predicted octanol–water partition coefficient (Wildman–Crippen LogP) is 3.36. The van der Waals surface area contributed by atoms with E-state index in [4.69, 9.17) is 11.6 Å². The van der Waals surface area contributed by atoms with Crippen molar-refractivity contribution in [1.82, 2.24) is 0 Å². The maximum Gasteiger partial charge on any atom is 0.104 e. The fourth-order valence-corrected chi connectivity index (χ4v) is 2.42. The molecule has 0 amide bonds. The third kappa shape index (κ3) is 1.41. The Kier molecular flexibility index (Phi) is 1.96. The molecule has 4 heteroatoms. The third-order valence-electron chi connectivity index (χ3n) is 2.46. The molecule has 2 nitrogen and oxygen atoms in total. The summed E-state index contributed by atoms with van der Waals surface area (Å²) in [4.78, 5) is 3.43. The first-order chi connectivity index (χ1) is 6.84. The molecule has 0 aromatic heterocycles. The monoisotopic (exact) mass is 224 g/mol. The average molecular weight is 225 g/mol. The number of rotatable bonds is 1. The van der Waals surface area contributed by atoms with Gasteiger partial charge in [-0.3, -0.25) is 0 Å². The second-order valence-corrected chi connectivity index (χ2v) is 4.83. The van der Waals surface area contributed by atoms with E-state index in [1.165, 1.54) is 35.4 Å². The summed E-state index contributed by atoms with van der Waals surface area (Å²) in [6, 6.07) is 6.62. The summed E-state index contributed by atoms with van der Waals surface area (Å²) in [6.07, 6.45) is 4.45. The highest BCUT2D eigenvalue weighted by molar-refractivity contribution is 7.98. The number of hydrogen-bond acceptors (Lipinski definition) is 3. The SMILES string of the molecule is Clc1ccc2c(c1)N(C1CC1)C=NS2. The Morgan fingerprint density at radius 3 is 3.07 bits per heavy atom. The maximum atomic E-state index is 5.99. The molecule has 1 aromatic rings. The Morgan fingerprint density at radius 2 is 2.29 bits per heavy atom. The summed E-state index contributed by atoms with van der Waals surface area (Å²) >= 11 is 7.50. The fraction of sp³-hybridized carbons (Fsp3) is 0.300. The Balaban J connectivity index is 2.06. The van der Waals surface area contributed by atoms with Crippen LogP contribution in [0.5, 0.6) is 0 Å². The van der Waals surface area contributed by atoms with Gasteiger partial charge in [-0.05, 0) is 31.0 Å². The molecule has 0 spiro atoms. The lowest BCUT2D eigenvalue weighted by atomic mass is 10.3. The van der Waals surface area contributed by atoms with Crippen LogP contribution in [0.25, 0.3) is 0 Å². The highest BCUT2D eigenvalue weighted by Crippen LogP contribution is 2.40. The van der Waals surface area contributed by atoms with E-state index in [0.29, 0.717) is 6.04 Å². The molecule has 1 aliphatic heterocycles. The number of benzene rings is 1. The van der Waals surface area contributed by atoms with E-state index in [1.54, 1.807) is 0 Å². The van der Waals surface area contributed by atoms with Gasteiger partial charge in [0.25, 0.3) is 0 Å². The van der Waals surface area contributed by atoms with Crippen LogP contribution < -0.4 is 4.90 Å². The topological polar surface area (TPSA) is 15.6 Å². The summed E-state index contributed by atoms with van der Waals surface area (Å²) in [5, 5.41) is 0.797. The standard InChI is InChI=1S/C10H9ClN2S/c11-7-1-4-10-9(5-7)13(6-12-14-10)8-2-3-8/h1,4-6,8H,2-3H2. The molecular weight excluding hydrogens is 216 g/mol. The summed E-state index contributed by atoms with van der Waals surface area (Å²) < 4.78 is 4.27. The zero-order chi connectivity index (χ0) is 9.54. The normalized spacial score (nSPS) is 19.6. The van der Waals surface area contributed by atoms with Crippen molar-refractivity contribution in [3.05, 3.63) is 23.2 Å². The van der Waals surface area contributed by atoms with Gasteiger partial charge < -0.3 is 4.90 Å². The van der Waals surface area contributed by atoms with E-state index in [9.17, 15) is 0 Å². The minimum Gasteiger partial charge on any atom is -0.328 e. The van der Waals surface area contributed by atoms with E-state index >= 15 is 0 Å². The number of hydrogen-bond donors (Lipinski definition) is 0. The van der Waals surface area contributed by atoms with Crippen LogP contribution in [0, 0.1) is 0 Å². The molecule has 0 bridgehead atoms. The molecule has 2 aliphatic rings. The largest absolute Gasteiger partial charge is 0.328 e. The van der Waals surface area contributed by atoms with Crippen LogP contribution in [0.3, 0.4) is 0 Å². The van der Waals surface area contributed by atoms with Gasteiger partial charge in [0.05, 0.1) is 10.6 Å². The Labute approximate surface area is 92.1 Å². The molecule has 3 rings (SSSR count). The highest BCUT2D eigenvalue weighted by Gasteiger charge is 2.31. The van der Waals surface area contributed by atoms with Crippen molar-refractivity contribution in [1.29, 1.82) is 0 Å². The van der Waals surface area contributed by atoms with Crippen molar-refractivity contribution in [3.8, 4) is 0 Å². The smallest absolute Gasteiger partial charge is 0.104 e. The number of halogens is 1. The lowest BCUT2D eigenvalue weighted by molar-refractivity contribution is 0.997. The van der Waals surface area contributed by atoms with Crippen molar-refractivity contribution < 1.29 is 0 Å². The van der Waals surface area contributed by atoms with Crippen molar-refractivity contribution in [2.24, 2.45) is 4.40 Å². The zero-order valence-electron chi connectivity index (χ0n) is 7.48. The highest BCUT2D eigenvalue weighted by atomic mass is 35.5. The molecule has 1 fully saturated rings. The second kappa shape index (κ2) is 3.17. The first-order valence-corrected chi connectivity index (χ1v) is 5.78. The van der Waals surface area contributed by atoms with Crippen molar-refractivity contribution in [3.63, 3.8) is 0 Å². The van der Waals surface area contributed by atoms with Gasteiger partial charge in [0.15, 0.2) is 0 Å². The first-order valence-electron chi connectivity index (χ1n) is 4.63. The minimum atomic E-state index is 0.650. The third-order valence-corrected chi connectivity index (χ3v) is 3.44. The van der Waals surface area contributed by atoms with E-state index < -0.39 is 0 Å². The molecule has 0 unspecified atom stereocenters. The van der Waals surface area contributed by atoms with Crippen LogP contribution in [0.2, 0.25) is 5.02 Å². The van der Waals surface area contributed by atoms with Gasteiger partial charge in [0, 0.05) is 23.0 Å². The van der Waals surface area contributed by atoms with Gasteiger partial charge in [-0.2, -0.15) is 0 Å². The van der Waals surface area contributed by atoms with Crippen LogP contribution >= 0.6 is 23.5 Å². The van der Waals surface area contributed by atoms with E-state index in [0.717, 1.165) is 5.02 Å². The van der Waals surface area contributed by atoms with Gasteiger partial charge in [-0.25, -0.2) is 4.40 Å². The van der Waals surface area contributed by atoms with Crippen LogP contribution in [0.4, 0.5) is 5.69 Å². The summed E-state index contributed by atoms with van der Waals surface area (Å²) in [7, 11) is 0. The van der Waals surface area contributed by atoms with Crippen molar-refractivity contribution >= 4 is 35.6 Å². The number of nitrogens with zero attached hydrogens (tertiary/aromatic N) is 2. The summed E-state index contributed by atoms with van der Waals surface area (Å²) in [5.41, 5.74) is 1.21. The molecule has 0 radical (unpaired) electrons. The van der Waals surface area contributed by atoms with E-state index in [2.05, 4.69) is 9.30 Å². The van der Waals surface area contributed by atoms with Gasteiger partial charge in [0.1, 0.15) is 6.34 Å². The van der Waals surface area contributed by atoms with Gasteiger partial charge in [-0.15, -0.1) is 0 Å². The molecule has 1 saturated carbocycles. The quantitative estimate of drug-likeness (QED) is 0.680. The minimum absolute atomic E-state index is 0.650. The van der Waals surface area contributed by atoms with Gasteiger partial charge >= 0.3 is 0 Å². The molecule has 72 valence electrons. The Hall–Kier alpha value is -0.670. The van der Waals surface area contributed by atoms with Crippen LogP contribution in [0.15, 0.2) is 27.5 Å². The molecule has 1 heterocycles. The van der Waals surface area contributed by atoms with E-state index in [-0.39, 0.29) is 0 Å². The van der Waals surface area contributed by atoms with Gasteiger partial charge in [0.2, 0.25) is 0 Å². The van der Waals surface area contributed by atoms with Crippen LogP contribution in [0.1, 0.15) is 12.8 Å². The second-order valence-electron chi connectivity index (χ2n) is 3.56. The zero-order valence-corrected chi connectivity index (χ0v) is 9.05. The lowest BCUT2D eigenvalue weighted by Gasteiger charge is -2.24. The summed E-state index contributed by atoms with van der Waals surface area (Å²) in [6.45, 7) is 0. The molecule has 14 heavy (non-hydrogen) atoms. The van der Waals surface area contributed by atoms with Crippen molar-refractivity contribution in [2.75, 3.05) is 4.90 Å². The molecule has 1 aromatic carbocycles. The maximum absolute atomic E-state index is 5.99. The first kappa shape index (κ1) is 8.62. The fourth-order valence-electron chi connectivity index (χ4n) is 1.61. The Bertz CT molecular complexity index is 401. The molecule has 0 saturated heterocycles. The molecule has 1 aliphatic carbocycles. The average Bonchev–Trinajstić information content (AvgIpc) is 3.00. The molecular formula is C10H9ClN2S. The van der Waals surface area contributed by atoms with Crippen molar-refractivity contribution in [2.45, 2.75) is 23.8 Å². The lowest BCUT2D eigenvalue weighted by Crippen LogP contribution is -2.25. The van der Waals surface area contributed by atoms with Gasteiger partial charge in [-0.1, -0.05) is 11.6 Å². The van der Waals surface area contributed by atoms with Crippen LogP contribution in [-0.4, -0.2) is 12.4 Å². The Morgan fingerprint density at radius 1 is 1.43 bits per heavy atom. The number of fused-ring (bicyclic) bond motifs is 1. The molecule has 0 N–H and O–H groups in total. The summed E-state index contributed by atoms with van der Waals surface area (Å²) in [5.74, 6) is 0. The predicted molar refractivity (Wildman–Crippen MR) is 61.3 cm³/mol. The molecule has 0 atom stereocenters. The van der Waals surface area contributed by atoms with E-state index in [1.807, 2.05) is 24.5 Å².